The smallest absolute Gasteiger partial charge is 0.247 e. The van der Waals surface area contributed by atoms with E-state index in [1.165, 1.54) is 0 Å². The van der Waals surface area contributed by atoms with E-state index in [-0.39, 0.29) is 18.0 Å². The zero-order valence-corrected chi connectivity index (χ0v) is 14.3. The predicted octanol–water partition coefficient (Wildman–Crippen LogP) is 4.12. The summed E-state index contributed by atoms with van der Waals surface area (Å²) in [5, 5.41) is 0. The van der Waals surface area contributed by atoms with Crippen LogP contribution in [0.3, 0.4) is 0 Å². The van der Waals surface area contributed by atoms with Crippen LogP contribution in [0.4, 0.5) is 0 Å². The lowest BCUT2D eigenvalue weighted by atomic mass is 10.2. The van der Waals surface area contributed by atoms with E-state index in [0.717, 1.165) is 15.8 Å². The molecule has 0 aliphatic rings. The quantitative estimate of drug-likeness (QED) is 0.755. The summed E-state index contributed by atoms with van der Waals surface area (Å²) in [6.07, 6.45) is 3.44. The second-order valence-electron chi connectivity index (χ2n) is 5.16. The molecule has 1 rings (SSSR count). The van der Waals surface area contributed by atoms with Gasteiger partial charge in [-0.05, 0) is 67.4 Å². The van der Waals surface area contributed by atoms with E-state index in [2.05, 4.69) is 15.9 Å². The Hall–Kier alpha value is -1.29. The van der Waals surface area contributed by atoms with Crippen molar-refractivity contribution in [1.82, 2.24) is 4.90 Å². The summed E-state index contributed by atoms with van der Waals surface area (Å²) in [6.45, 7) is 8.09. The number of halogens is 1. The Morgan fingerprint density at radius 1 is 1.25 bits per heavy atom. The highest BCUT2D eigenvalue weighted by Crippen LogP contribution is 2.26. The maximum Gasteiger partial charge on any atom is 0.247 e. The average Bonchev–Trinajstić information content (AvgIpc) is 2.35. The molecule has 0 aliphatic heterocycles. The van der Waals surface area contributed by atoms with E-state index in [4.69, 9.17) is 4.74 Å². The molecule has 1 amide bonds. The average molecular weight is 340 g/mol. The van der Waals surface area contributed by atoms with Gasteiger partial charge in [-0.25, -0.2) is 0 Å². The van der Waals surface area contributed by atoms with Crippen LogP contribution in [-0.2, 0) is 4.79 Å². The van der Waals surface area contributed by atoms with Gasteiger partial charge in [0.15, 0.2) is 0 Å². The molecule has 0 saturated carbocycles. The Bertz CT molecular complexity index is 487. The highest BCUT2D eigenvalue weighted by molar-refractivity contribution is 9.10. The molecular weight excluding hydrogens is 318 g/mol. The molecule has 0 aliphatic carbocycles. The number of rotatable bonds is 5. The number of carbonyl (C=O) groups is 1. The van der Waals surface area contributed by atoms with Crippen molar-refractivity contribution in [2.24, 2.45) is 0 Å². The molecule has 0 radical (unpaired) electrons. The van der Waals surface area contributed by atoms with Crippen molar-refractivity contribution in [3.05, 3.63) is 34.3 Å². The SMILES string of the molecule is COc1ccc(/C=C/C(=O)N(C(C)C)C(C)C)cc1Br. The first-order valence-electron chi connectivity index (χ1n) is 6.70. The highest BCUT2D eigenvalue weighted by atomic mass is 79.9. The Morgan fingerprint density at radius 3 is 2.30 bits per heavy atom. The molecule has 0 N–H and O–H groups in total. The van der Waals surface area contributed by atoms with E-state index in [1.807, 2.05) is 56.9 Å². The molecule has 0 heterocycles. The van der Waals surface area contributed by atoms with Crippen molar-refractivity contribution < 1.29 is 9.53 Å². The van der Waals surface area contributed by atoms with Crippen molar-refractivity contribution in [3.63, 3.8) is 0 Å². The number of methoxy groups -OCH3 is 1. The Morgan fingerprint density at radius 2 is 1.85 bits per heavy atom. The van der Waals surface area contributed by atoms with Gasteiger partial charge in [-0.15, -0.1) is 0 Å². The molecule has 1 aromatic rings. The van der Waals surface area contributed by atoms with E-state index < -0.39 is 0 Å². The summed E-state index contributed by atoms with van der Waals surface area (Å²) in [5.41, 5.74) is 0.957. The van der Waals surface area contributed by atoms with Crippen molar-refractivity contribution in [2.75, 3.05) is 7.11 Å². The number of hydrogen-bond acceptors (Lipinski definition) is 2. The summed E-state index contributed by atoms with van der Waals surface area (Å²) < 4.78 is 6.05. The monoisotopic (exact) mass is 339 g/mol. The predicted molar refractivity (Wildman–Crippen MR) is 86.8 cm³/mol. The van der Waals surface area contributed by atoms with Crippen LogP contribution in [-0.4, -0.2) is 30.0 Å². The van der Waals surface area contributed by atoms with Crippen LogP contribution in [0.25, 0.3) is 6.08 Å². The van der Waals surface area contributed by atoms with Crippen molar-refractivity contribution in [3.8, 4) is 5.75 Å². The lowest BCUT2D eigenvalue weighted by molar-refractivity contribution is -0.129. The minimum atomic E-state index is 0.0296. The van der Waals surface area contributed by atoms with E-state index >= 15 is 0 Å². The summed E-state index contributed by atoms with van der Waals surface area (Å²) in [5.74, 6) is 0.807. The Labute approximate surface area is 129 Å². The third-order valence-corrected chi connectivity index (χ3v) is 3.58. The molecule has 20 heavy (non-hydrogen) atoms. The minimum absolute atomic E-state index is 0.0296. The van der Waals surface area contributed by atoms with Crippen LogP contribution in [0.1, 0.15) is 33.3 Å². The number of ether oxygens (including phenoxy) is 1. The fraction of sp³-hybridized carbons (Fsp3) is 0.438. The van der Waals surface area contributed by atoms with Crippen LogP contribution in [0.2, 0.25) is 0 Å². The largest absolute Gasteiger partial charge is 0.496 e. The summed E-state index contributed by atoms with van der Waals surface area (Å²) in [4.78, 5) is 14.1. The van der Waals surface area contributed by atoms with Gasteiger partial charge in [-0.3, -0.25) is 4.79 Å². The summed E-state index contributed by atoms with van der Waals surface area (Å²) >= 11 is 3.44. The zero-order valence-electron chi connectivity index (χ0n) is 12.7. The van der Waals surface area contributed by atoms with E-state index in [0.29, 0.717) is 0 Å². The topological polar surface area (TPSA) is 29.5 Å². The summed E-state index contributed by atoms with van der Waals surface area (Å²) in [6, 6.07) is 6.10. The first-order chi connectivity index (χ1) is 9.36. The number of nitrogens with zero attached hydrogens (tertiary/aromatic N) is 1. The van der Waals surface area contributed by atoms with Crippen molar-refractivity contribution >= 4 is 27.9 Å². The Balaban J connectivity index is 2.86. The second-order valence-corrected chi connectivity index (χ2v) is 6.01. The lowest BCUT2D eigenvalue weighted by Crippen LogP contribution is -2.41. The van der Waals surface area contributed by atoms with Gasteiger partial charge >= 0.3 is 0 Å². The van der Waals surface area contributed by atoms with Crippen molar-refractivity contribution in [1.29, 1.82) is 0 Å². The maximum atomic E-state index is 12.2. The van der Waals surface area contributed by atoms with Crippen LogP contribution in [0, 0.1) is 0 Å². The fourth-order valence-electron chi connectivity index (χ4n) is 2.15. The minimum Gasteiger partial charge on any atom is -0.496 e. The van der Waals surface area contributed by atoms with Crippen LogP contribution in [0.15, 0.2) is 28.7 Å². The van der Waals surface area contributed by atoms with Crippen LogP contribution < -0.4 is 4.74 Å². The van der Waals surface area contributed by atoms with E-state index in [1.54, 1.807) is 13.2 Å². The molecule has 0 fully saturated rings. The van der Waals surface area contributed by atoms with Crippen LogP contribution in [0.5, 0.6) is 5.75 Å². The second kappa shape index (κ2) is 7.48. The number of carbonyl (C=O) groups excluding carboxylic acids is 1. The fourth-order valence-corrected chi connectivity index (χ4v) is 2.70. The van der Waals surface area contributed by atoms with E-state index in [9.17, 15) is 4.79 Å². The molecule has 0 aromatic heterocycles. The Kier molecular flexibility index (Phi) is 6.27. The van der Waals surface area contributed by atoms with Gasteiger partial charge in [0.2, 0.25) is 5.91 Å². The molecule has 4 heteroatoms. The third-order valence-electron chi connectivity index (χ3n) is 2.96. The molecular formula is C16H22BrNO2. The van der Waals surface area contributed by atoms with Gasteiger partial charge in [0.1, 0.15) is 5.75 Å². The molecule has 0 unspecified atom stereocenters. The lowest BCUT2D eigenvalue weighted by Gasteiger charge is -2.29. The van der Waals surface area contributed by atoms with Crippen molar-refractivity contribution in [2.45, 2.75) is 39.8 Å². The molecule has 0 saturated heterocycles. The zero-order chi connectivity index (χ0) is 15.3. The normalized spacial score (nSPS) is 11.4. The maximum absolute atomic E-state index is 12.2. The molecule has 1 aromatic carbocycles. The van der Waals surface area contributed by atoms with Crippen LogP contribution >= 0.6 is 15.9 Å². The molecule has 110 valence electrons. The van der Waals surface area contributed by atoms with Gasteiger partial charge in [-0.2, -0.15) is 0 Å². The molecule has 0 bridgehead atoms. The van der Waals surface area contributed by atoms with Gasteiger partial charge < -0.3 is 9.64 Å². The first-order valence-corrected chi connectivity index (χ1v) is 7.50. The van der Waals surface area contributed by atoms with Gasteiger partial charge in [-0.1, -0.05) is 6.07 Å². The standard InChI is InChI=1S/C16H22BrNO2/c1-11(2)18(12(3)4)16(19)9-7-13-6-8-15(20-5)14(17)10-13/h6-12H,1-5H3/b9-7+. The first kappa shape index (κ1) is 16.8. The van der Waals surface area contributed by atoms with Gasteiger partial charge in [0.25, 0.3) is 0 Å². The molecule has 0 atom stereocenters. The summed E-state index contributed by atoms with van der Waals surface area (Å²) in [7, 11) is 1.63. The molecule has 3 nitrogen and oxygen atoms in total. The number of amides is 1. The number of benzene rings is 1. The van der Waals surface area contributed by atoms with Gasteiger partial charge in [0, 0.05) is 18.2 Å². The third kappa shape index (κ3) is 4.37. The number of hydrogen-bond donors (Lipinski definition) is 0. The van der Waals surface area contributed by atoms with Gasteiger partial charge in [0.05, 0.1) is 11.6 Å². The highest BCUT2D eigenvalue weighted by Gasteiger charge is 2.17. The molecule has 0 spiro atoms.